The van der Waals surface area contributed by atoms with Gasteiger partial charge in [0.2, 0.25) is 0 Å². The molecule has 0 saturated carbocycles. The molecule has 120 valence electrons. The lowest BCUT2D eigenvalue weighted by molar-refractivity contribution is 0.196. The normalized spacial score (nSPS) is 15.3. The lowest BCUT2D eigenvalue weighted by Gasteiger charge is -2.22. The van der Waals surface area contributed by atoms with Gasteiger partial charge in [0.1, 0.15) is 0 Å². The Balaban J connectivity index is 0.00000176. The molecule has 1 aliphatic rings. The maximum atomic E-state index is 5.91. The van der Waals surface area contributed by atoms with Crippen LogP contribution >= 0.6 is 12.4 Å². The monoisotopic (exact) mass is 323 g/mol. The number of nitrogens with zero attached hydrogens (tertiary/aromatic N) is 2. The highest BCUT2D eigenvalue weighted by Gasteiger charge is 2.17. The molecule has 5 nitrogen and oxygen atoms in total. The predicted molar refractivity (Wildman–Crippen MR) is 89.0 cm³/mol. The van der Waals surface area contributed by atoms with Crippen molar-refractivity contribution in [3.8, 4) is 11.8 Å². The van der Waals surface area contributed by atoms with Crippen molar-refractivity contribution < 1.29 is 9.47 Å². The molecule has 0 bridgehead atoms. The molecule has 1 aromatic carbocycles. The van der Waals surface area contributed by atoms with Crippen LogP contribution < -0.4 is 14.8 Å². The molecule has 2 aromatic rings. The second-order valence-corrected chi connectivity index (χ2v) is 5.26. The van der Waals surface area contributed by atoms with Crippen molar-refractivity contribution >= 4 is 23.4 Å². The van der Waals surface area contributed by atoms with Crippen molar-refractivity contribution in [2.45, 2.75) is 19.8 Å². The number of hydrogen-bond donors (Lipinski definition) is 1. The highest BCUT2D eigenvalue weighted by Crippen LogP contribution is 2.26. The number of halogens is 1. The molecule has 22 heavy (non-hydrogen) atoms. The Morgan fingerprint density at radius 3 is 2.23 bits per heavy atom. The van der Waals surface area contributed by atoms with Gasteiger partial charge in [0.25, 0.3) is 11.8 Å². The van der Waals surface area contributed by atoms with Crippen molar-refractivity contribution in [2.75, 3.05) is 26.3 Å². The van der Waals surface area contributed by atoms with Gasteiger partial charge in [-0.2, -0.15) is 0 Å². The van der Waals surface area contributed by atoms with E-state index in [1.807, 2.05) is 31.2 Å². The van der Waals surface area contributed by atoms with Crippen LogP contribution in [-0.4, -0.2) is 36.3 Å². The predicted octanol–water partition coefficient (Wildman–Crippen LogP) is 2.83. The van der Waals surface area contributed by atoms with E-state index in [0.717, 1.165) is 37.0 Å². The molecule has 0 radical (unpaired) electrons. The first-order chi connectivity index (χ1) is 10.4. The van der Waals surface area contributed by atoms with Gasteiger partial charge in [-0.15, -0.1) is 12.4 Å². The Kier molecular flexibility index (Phi) is 6.21. The fraction of sp³-hybridized carbons (Fsp3) is 0.500. The van der Waals surface area contributed by atoms with E-state index in [1.165, 1.54) is 0 Å². The third kappa shape index (κ3) is 3.99. The zero-order chi connectivity index (χ0) is 14.5. The van der Waals surface area contributed by atoms with E-state index in [9.17, 15) is 0 Å². The molecular formula is C16H22ClN3O2. The van der Waals surface area contributed by atoms with Crippen LogP contribution in [0, 0.1) is 5.92 Å². The third-order valence-electron chi connectivity index (χ3n) is 3.70. The Hall–Kier alpha value is -1.59. The van der Waals surface area contributed by atoms with E-state index >= 15 is 0 Å². The largest absolute Gasteiger partial charge is 0.474 e. The second kappa shape index (κ2) is 8.15. The van der Waals surface area contributed by atoms with Crippen LogP contribution in [0.5, 0.6) is 11.8 Å². The average molecular weight is 324 g/mol. The molecule has 1 saturated heterocycles. The minimum absolute atomic E-state index is 0. The Labute approximate surface area is 136 Å². The number of ether oxygens (including phenoxy) is 2. The molecular weight excluding hydrogens is 302 g/mol. The van der Waals surface area contributed by atoms with Crippen LogP contribution in [0.15, 0.2) is 24.3 Å². The van der Waals surface area contributed by atoms with E-state index in [1.54, 1.807) is 0 Å². The maximum Gasteiger partial charge on any atom is 0.278 e. The number of benzene rings is 1. The van der Waals surface area contributed by atoms with Gasteiger partial charge in [0, 0.05) is 0 Å². The fourth-order valence-electron chi connectivity index (χ4n) is 2.54. The van der Waals surface area contributed by atoms with Crippen molar-refractivity contribution in [3.63, 3.8) is 0 Å². The van der Waals surface area contributed by atoms with Gasteiger partial charge in [0.05, 0.1) is 24.2 Å². The van der Waals surface area contributed by atoms with Gasteiger partial charge in [-0.3, -0.25) is 0 Å². The van der Waals surface area contributed by atoms with E-state index in [-0.39, 0.29) is 12.4 Å². The summed E-state index contributed by atoms with van der Waals surface area (Å²) in [5, 5.41) is 3.36. The number of hydrogen-bond acceptors (Lipinski definition) is 5. The van der Waals surface area contributed by atoms with Gasteiger partial charge in [-0.25, -0.2) is 9.97 Å². The van der Waals surface area contributed by atoms with Crippen LogP contribution in [0.2, 0.25) is 0 Å². The van der Waals surface area contributed by atoms with Gasteiger partial charge in [-0.05, 0) is 50.9 Å². The molecule has 1 aromatic heterocycles. The van der Waals surface area contributed by atoms with Crippen molar-refractivity contribution in [2.24, 2.45) is 5.92 Å². The van der Waals surface area contributed by atoms with E-state index in [0.29, 0.717) is 30.9 Å². The van der Waals surface area contributed by atoms with Crippen molar-refractivity contribution in [1.29, 1.82) is 0 Å². The molecule has 3 rings (SSSR count). The summed E-state index contributed by atoms with van der Waals surface area (Å²) in [4.78, 5) is 9.06. The summed E-state index contributed by atoms with van der Waals surface area (Å²) in [5.41, 5.74) is 1.66. The summed E-state index contributed by atoms with van der Waals surface area (Å²) >= 11 is 0. The standard InChI is InChI=1S/C16H21N3O2.ClH/c1-2-20-15-16(21-11-12-7-9-17-10-8-12)19-14-6-4-3-5-13(14)18-15;/h3-6,12,17H,2,7-11H2,1H3;1H. The molecule has 2 heterocycles. The SMILES string of the molecule is CCOc1nc2ccccc2nc1OCC1CCNCC1.Cl. The second-order valence-electron chi connectivity index (χ2n) is 5.26. The number of rotatable bonds is 5. The number of nitrogens with one attached hydrogen (secondary N) is 1. The van der Waals surface area contributed by atoms with Gasteiger partial charge in [-0.1, -0.05) is 12.1 Å². The highest BCUT2D eigenvalue weighted by molar-refractivity contribution is 5.85. The first-order valence-electron chi connectivity index (χ1n) is 7.60. The van der Waals surface area contributed by atoms with E-state index < -0.39 is 0 Å². The van der Waals surface area contributed by atoms with Crippen molar-refractivity contribution in [1.82, 2.24) is 15.3 Å². The zero-order valence-corrected chi connectivity index (χ0v) is 13.6. The molecule has 1 aliphatic heterocycles. The minimum Gasteiger partial charge on any atom is -0.474 e. The van der Waals surface area contributed by atoms with Gasteiger partial charge < -0.3 is 14.8 Å². The smallest absolute Gasteiger partial charge is 0.278 e. The summed E-state index contributed by atoms with van der Waals surface area (Å²) in [6.07, 6.45) is 2.29. The van der Waals surface area contributed by atoms with Crippen LogP contribution in [0.1, 0.15) is 19.8 Å². The topological polar surface area (TPSA) is 56.3 Å². The van der Waals surface area contributed by atoms with Gasteiger partial charge >= 0.3 is 0 Å². The molecule has 1 fully saturated rings. The summed E-state index contributed by atoms with van der Waals surface area (Å²) in [7, 11) is 0. The summed E-state index contributed by atoms with van der Waals surface area (Å²) in [6.45, 7) is 5.30. The fourth-order valence-corrected chi connectivity index (χ4v) is 2.54. The highest BCUT2D eigenvalue weighted by atomic mass is 35.5. The molecule has 6 heteroatoms. The lowest BCUT2D eigenvalue weighted by Crippen LogP contribution is -2.30. The van der Waals surface area contributed by atoms with Crippen molar-refractivity contribution in [3.05, 3.63) is 24.3 Å². The quantitative estimate of drug-likeness (QED) is 0.917. The Morgan fingerprint density at radius 1 is 1.05 bits per heavy atom. The number of piperidine rings is 1. The molecule has 0 amide bonds. The average Bonchev–Trinajstić information content (AvgIpc) is 2.54. The summed E-state index contributed by atoms with van der Waals surface area (Å²) in [5.74, 6) is 1.58. The summed E-state index contributed by atoms with van der Waals surface area (Å²) < 4.78 is 11.5. The maximum absolute atomic E-state index is 5.91. The number of aromatic nitrogens is 2. The number of para-hydroxylation sites is 2. The third-order valence-corrected chi connectivity index (χ3v) is 3.70. The van der Waals surface area contributed by atoms with Crippen LogP contribution in [0.4, 0.5) is 0 Å². The Morgan fingerprint density at radius 2 is 1.64 bits per heavy atom. The first kappa shape index (κ1) is 16.8. The minimum atomic E-state index is 0. The molecule has 0 unspecified atom stereocenters. The first-order valence-corrected chi connectivity index (χ1v) is 7.60. The number of fused-ring (bicyclic) bond motifs is 1. The van der Waals surface area contributed by atoms with E-state index in [2.05, 4.69) is 15.3 Å². The van der Waals surface area contributed by atoms with Crippen LogP contribution in [-0.2, 0) is 0 Å². The molecule has 0 atom stereocenters. The molecule has 0 aliphatic carbocycles. The molecule has 0 spiro atoms. The van der Waals surface area contributed by atoms with Crippen LogP contribution in [0.3, 0.4) is 0 Å². The van der Waals surface area contributed by atoms with E-state index in [4.69, 9.17) is 9.47 Å². The summed E-state index contributed by atoms with van der Waals surface area (Å²) in [6, 6.07) is 7.77. The Bertz CT molecular complexity index is 603. The molecule has 1 N–H and O–H groups in total. The zero-order valence-electron chi connectivity index (χ0n) is 12.7. The van der Waals surface area contributed by atoms with Crippen LogP contribution in [0.25, 0.3) is 11.0 Å². The lowest BCUT2D eigenvalue weighted by atomic mass is 9.99. The van der Waals surface area contributed by atoms with Gasteiger partial charge in [0.15, 0.2) is 0 Å².